The summed E-state index contributed by atoms with van der Waals surface area (Å²) in [5.41, 5.74) is 2.53. The molecule has 0 aromatic heterocycles. The highest BCUT2D eigenvalue weighted by Crippen LogP contribution is 2.26. The molecule has 1 aromatic rings. The van der Waals surface area contributed by atoms with Crippen LogP contribution in [0.5, 0.6) is 0 Å². The summed E-state index contributed by atoms with van der Waals surface area (Å²) in [7, 11) is 0. The number of nitrogens with zero attached hydrogens (tertiary/aromatic N) is 1. The van der Waals surface area contributed by atoms with Crippen LogP contribution in [0.25, 0.3) is 0 Å². The topological polar surface area (TPSA) is 52.6 Å². The van der Waals surface area contributed by atoms with Gasteiger partial charge in [-0.1, -0.05) is 45.0 Å². The van der Waals surface area contributed by atoms with E-state index in [-0.39, 0.29) is 18.1 Å². The zero-order chi connectivity index (χ0) is 15.5. The van der Waals surface area contributed by atoms with Crippen molar-refractivity contribution >= 4 is 6.03 Å². The van der Waals surface area contributed by atoms with Crippen LogP contribution in [-0.4, -0.2) is 35.2 Å². The largest absolute Gasteiger partial charge is 0.395 e. The molecular weight excluding hydrogens is 264 g/mol. The third-order valence-electron chi connectivity index (χ3n) is 3.85. The summed E-state index contributed by atoms with van der Waals surface area (Å²) >= 11 is 0. The fraction of sp³-hybridized carbons (Fsp3) is 0.588. The van der Waals surface area contributed by atoms with Gasteiger partial charge in [-0.3, -0.25) is 0 Å². The van der Waals surface area contributed by atoms with Gasteiger partial charge in [0.05, 0.1) is 6.61 Å². The van der Waals surface area contributed by atoms with E-state index in [4.69, 9.17) is 5.11 Å². The van der Waals surface area contributed by atoms with Crippen LogP contribution >= 0.6 is 0 Å². The summed E-state index contributed by atoms with van der Waals surface area (Å²) < 4.78 is 0. The molecule has 4 nitrogen and oxygen atoms in total. The Kier molecular flexibility index (Phi) is 4.88. The van der Waals surface area contributed by atoms with Crippen LogP contribution in [0.15, 0.2) is 24.3 Å². The van der Waals surface area contributed by atoms with Crippen molar-refractivity contribution in [3.63, 3.8) is 0 Å². The molecule has 0 saturated heterocycles. The monoisotopic (exact) mass is 290 g/mol. The molecular formula is C17H26N2O2. The zero-order valence-electron chi connectivity index (χ0n) is 13.2. The van der Waals surface area contributed by atoms with E-state index in [1.54, 1.807) is 4.90 Å². The number of benzene rings is 1. The maximum absolute atomic E-state index is 12.1. The van der Waals surface area contributed by atoms with Gasteiger partial charge in [0, 0.05) is 19.1 Å². The lowest BCUT2D eigenvalue weighted by Gasteiger charge is -2.22. The van der Waals surface area contributed by atoms with E-state index in [1.165, 1.54) is 5.56 Å². The smallest absolute Gasteiger partial charge is 0.317 e. The van der Waals surface area contributed by atoms with Gasteiger partial charge in [0.2, 0.25) is 0 Å². The number of urea groups is 1. The number of hydrogen-bond donors (Lipinski definition) is 2. The molecule has 1 saturated carbocycles. The zero-order valence-corrected chi connectivity index (χ0v) is 13.2. The van der Waals surface area contributed by atoms with Crippen LogP contribution in [-0.2, 0) is 12.0 Å². The van der Waals surface area contributed by atoms with Gasteiger partial charge in [0.25, 0.3) is 0 Å². The van der Waals surface area contributed by atoms with Crippen molar-refractivity contribution < 1.29 is 9.90 Å². The molecule has 1 aromatic carbocycles. The van der Waals surface area contributed by atoms with Crippen molar-refractivity contribution in [1.29, 1.82) is 0 Å². The Labute approximate surface area is 127 Å². The van der Waals surface area contributed by atoms with Crippen molar-refractivity contribution in [2.24, 2.45) is 0 Å². The van der Waals surface area contributed by atoms with Crippen molar-refractivity contribution in [2.75, 3.05) is 13.2 Å². The third-order valence-corrected chi connectivity index (χ3v) is 3.85. The minimum Gasteiger partial charge on any atom is -0.395 e. The average Bonchev–Trinajstić information content (AvgIpc) is 3.26. The number of nitrogens with one attached hydrogen (secondary N) is 1. The highest BCUT2D eigenvalue weighted by molar-refractivity contribution is 5.74. The first-order valence-electron chi connectivity index (χ1n) is 7.66. The molecule has 116 valence electrons. The van der Waals surface area contributed by atoms with E-state index in [9.17, 15) is 4.79 Å². The van der Waals surface area contributed by atoms with E-state index in [0.29, 0.717) is 19.1 Å². The lowest BCUT2D eigenvalue weighted by atomic mass is 9.87. The van der Waals surface area contributed by atoms with Crippen LogP contribution in [0.4, 0.5) is 4.79 Å². The van der Waals surface area contributed by atoms with E-state index >= 15 is 0 Å². The minimum atomic E-state index is -0.0774. The molecule has 0 atom stereocenters. The van der Waals surface area contributed by atoms with Crippen LogP contribution in [0.1, 0.15) is 44.7 Å². The van der Waals surface area contributed by atoms with E-state index in [1.807, 2.05) is 0 Å². The van der Waals surface area contributed by atoms with Gasteiger partial charge in [-0.15, -0.1) is 0 Å². The van der Waals surface area contributed by atoms with Crippen LogP contribution in [0.2, 0.25) is 0 Å². The molecule has 21 heavy (non-hydrogen) atoms. The first-order valence-corrected chi connectivity index (χ1v) is 7.66. The number of rotatable bonds is 5. The predicted molar refractivity (Wildman–Crippen MR) is 84.2 cm³/mol. The molecule has 2 N–H and O–H groups in total. The fourth-order valence-corrected chi connectivity index (χ4v) is 2.35. The quantitative estimate of drug-likeness (QED) is 0.876. The van der Waals surface area contributed by atoms with Gasteiger partial charge in [-0.05, 0) is 29.4 Å². The highest BCUT2D eigenvalue weighted by atomic mass is 16.3. The van der Waals surface area contributed by atoms with Crippen molar-refractivity contribution in [2.45, 2.75) is 51.6 Å². The SMILES string of the molecule is CC(C)(C)c1ccc(CNC(=O)N(CCO)C2CC2)cc1. The molecule has 0 radical (unpaired) electrons. The predicted octanol–water partition coefficient (Wildman–Crippen LogP) is 2.65. The van der Waals surface area contributed by atoms with Crippen LogP contribution < -0.4 is 5.32 Å². The summed E-state index contributed by atoms with van der Waals surface area (Å²) in [6, 6.07) is 8.61. The number of aliphatic hydroxyl groups excluding tert-OH is 1. The first-order chi connectivity index (χ1) is 9.91. The lowest BCUT2D eigenvalue weighted by Crippen LogP contribution is -2.42. The van der Waals surface area contributed by atoms with E-state index in [0.717, 1.165) is 18.4 Å². The molecule has 0 spiro atoms. The van der Waals surface area contributed by atoms with Crippen molar-refractivity contribution in [3.8, 4) is 0 Å². The lowest BCUT2D eigenvalue weighted by molar-refractivity contribution is 0.173. The number of amides is 2. The second-order valence-electron chi connectivity index (χ2n) is 6.75. The minimum absolute atomic E-state index is 0.0181. The Balaban J connectivity index is 1.88. The van der Waals surface area contributed by atoms with Gasteiger partial charge < -0.3 is 15.3 Å². The molecule has 0 heterocycles. The maximum Gasteiger partial charge on any atom is 0.317 e. The van der Waals surface area contributed by atoms with Crippen LogP contribution in [0, 0.1) is 0 Å². The summed E-state index contributed by atoms with van der Waals surface area (Å²) in [5.74, 6) is 0. The summed E-state index contributed by atoms with van der Waals surface area (Å²) in [6.07, 6.45) is 2.10. The Morgan fingerprint density at radius 1 is 1.29 bits per heavy atom. The molecule has 2 rings (SSSR count). The Bertz CT molecular complexity index is 473. The average molecular weight is 290 g/mol. The Hall–Kier alpha value is -1.55. The van der Waals surface area contributed by atoms with Gasteiger partial charge in [0.1, 0.15) is 0 Å². The van der Waals surface area contributed by atoms with E-state index in [2.05, 4.69) is 50.4 Å². The number of hydrogen-bond acceptors (Lipinski definition) is 2. The normalized spacial score (nSPS) is 14.9. The Morgan fingerprint density at radius 3 is 2.38 bits per heavy atom. The second kappa shape index (κ2) is 6.48. The van der Waals surface area contributed by atoms with Crippen molar-refractivity contribution in [1.82, 2.24) is 10.2 Å². The standard InChI is InChI=1S/C17H26N2O2/c1-17(2,3)14-6-4-13(5-7-14)12-18-16(21)19(10-11-20)15-8-9-15/h4-7,15,20H,8-12H2,1-3H3,(H,18,21). The summed E-state index contributed by atoms with van der Waals surface area (Å²) in [6.45, 7) is 7.52. The third kappa shape index (κ3) is 4.46. The van der Waals surface area contributed by atoms with Crippen molar-refractivity contribution in [3.05, 3.63) is 35.4 Å². The Morgan fingerprint density at radius 2 is 1.90 bits per heavy atom. The number of carbonyl (C=O) groups excluding carboxylic acids is 1. The summed E-state index contributed by atoms with van der Waals surface area (Å²) in [4.78, 5) is 13.9. The van der Waals surface area contributed by atoms with Crippen LogP contribution in [0.3, 0.4) is 0 Å². The molecule has 2 amide bonds. The van der Waals surface area contributed by atoms with E-state index < -0.39 is 0 Å². The molecule has 4 heteroatoms. The first kappa shape index (κ1) is 15.8. The van der Waals surface area contributed by atoms with Gasteiger partial charge >= 0.3 is 6.03 Å². The number of carbonyl (C=O) groups is 1. The van der Waals surface area contributed by atoms with Gasteiger partial charge in [-0.25, -0.2) is 4.79 Å². The maximum atomic E-state index is 12.1. The molecule has 0 unspecified atom stereocenters. The molecule has 0 bridgehead atoms. The second-order valence-corrected chi connectivity index (χ2v) is 6.75. The fourth-order valence-electron chi connectivity index (χ4n) is 2.35. The molecule has 1 aliphatic rings. The number of aliphatic hydroxyl groups is 1. The molecule has 1 aliphatic carbocycles. The van der Waals surface area contributed by atoms with Gasteiger partial charge in [-0.2, -0.15) is 0 Å². The highest BCUT2D eigenvalue weighted by Gasteiger charge is 2.31. The molecule has 1 fully saturated rings. The summed E-state index contributed by atoms with van der Waals surface area (Å²) in [5, 5.41) is 12.0. The van der Waals surface area contributed by atoms with Gasteiger partial charge in [0.15, 0.2) is 0 Å². The molecule has 0 aliphatic heterocycles.